The predicted molar refractivity (Wildman–Crippen MR) is 79.3 cm³/mol. The number of ketones is 1. The van der Waals surface area contributed by atoms with Crippen LogP contribution < -0.4 is 9.47 Å². The van der Waals surface area contributed by atoms with Gasteiger partial charge in [-0.15, -0.1) is 0 Å². The smallest absolute Gasteiger partial charge is 0.200 e. The topological polar surface area (TPSA) is 35.5 Å². The minimum Gasteiger partial charge on any atom is -0.495 e. The minimum atomic E-state index is -0.186. The second-order valence-corrected chi connectivity index (χ2v) is 4.81. The molecule has 0 aliphatic heterocycles. The SMILES string of the molecule is COc1ccc(C(=O)COc2ccccc2Cl)cc1Cl. The lowest BCUT2D eigenvalue weighted by Gasteiger charge is -2.08. The first kappa shape index (κ1) is 14.7. The lowest BCUT2D eigenvalue weighted by atomic mass is 10.1. The summed E-state index contributed by atoms with van der Waals surface area (Å²) in [6, 6.07) is 11.8. The Morgan fingerprint density at radius 1 is 1.05 bits per heavy atom. The van der Waals surface area contributed by atoms with Crippen molar-refractivity contribution in [3.8, 4) is 11.5 Å². The largest absolute Gasteiger partial charge is 0.495 e. The second-order valence-electron chi connectivity index (χ2n) is 3.99. The first-order valence-corrected chi connectivity index (χ1v) is 6.61. The Morgan fingerprint density at radius 2 is 1.80 bits per heavy atom. The molecule has 0 N–H and O–H groups in total. The van der Waals surface area contributed by atoms with E-state index in [1.165, 1.54) is 7.11 Å². The Balaban J connectivity index is 2.05. The van der Waals surface area contributed by atoms with Crippen molar-refractivity contribution in [3.63, 3.8) is 0 Å². The summed E-state index contributed by atoms with van der Waals surface area (Å²) in [5.41, 5.74) is 0.461. The molecule has 0 amide bonds. The molecule has 0 saturated carbocycles. The van der Waals surface area contributed by atoms with Crippen LogP contribution in [0.1, 0.15) is 10.4 Å². The van der Waals surface area contributed by atoms with Crippen molar-refractivity contribution in [2.24, 2.45) is 0 Å². The molecular weight excluding hydrogens is 299 g/mol. The molecule has 0 unspecified atom stereocenters. The first-order chi connectivity index (χ1) is 9.61. The van der Waals surface area contributed by atoms with Crippen LogP contribution in [0.4, 0.5) is 0 Å². The van der Waals surface area contributed by atoms with Gasteiger partial charge in [-0.1, -0.05) is 35.3 Å². The van der Waals surface area contributed by atoms with Crippen molar-refractivity contribution in [1.82, 2.24) is 0 Å². The molecule has 0 aliphatic carbocycles. The quantitative estimate of drug-likeness (QED) is 0.774. The van der Waals surface area contributed by atoms with E-state index in [1.54, 1.807) is 42.5 Å². The summed E-state index contributed by atoms with van der Waals surface area (Å²) >= 11 is 11.9. The Bertz CT molecular complexity index is 626. The average molecular weight is 311 g/mol. The molecule has 2 rings (SSSR count). The highest BCUT2D eigenvalue weighted by Crippen LogP contribution is 2.26. The van der Waals surface area contributed by atoms with E-state index in [9.17, 15) is 4.79 Å². The molecule has 2 aromatic carbocycles. The average Bonchev–Trinajstić information content (AvgIpc) is 2.46. The second kappa shape index (κ2) is 6.64. The summed E-state index contributed by atoms with van der Waals surface area (Å²) in [6.07, 6.45) is 0. The Hall–Kier alpha value is -1.71. The molecule has 5 heteroatoms. The molecule has 0 heterocycles. The van der Waals surface area contributed by atoms with Gasteiger partial charge >= 0.3 is 0 Å². The standard InChI is InChI=1S/C15H12Cl2O3/c1-19-14-7-6-10(8-12(14)17)13(18)9-20-15-5-3-2-4-11(15)16/h2-8H,9H2,1H3. The zero-order valence-corrected chi connectivity index (χ0v) is 12.2. The summed E-state index contributed by atoms with van der Waals surface area (Å²) < 4.78 is 10.4. The highest BCUT2D eigenvalue weighted by molar-refractivity contribution is 6.32. The van der Waals surface area contributed by atoms with Crippen LogP contribution in [0.3, 0.4) is 0 Å². The molecule has 104 valence electrons. The van der Waals surface area contributed by atoms with E-state index in [-0.39, 0.29) is 12.4 Å². The van der Waals surface area contributed by atoms with Gasteiger partial charge in [-0.2, -0.15) is 0 Å². The Morgan fingerprint density at radius 3 is 2.45 bits per heavy atom. The molecule has 0 radical (unpaired) electrons. The van der Waals surface area contributed by atoms with Crippen LogP contribution in [0.25, 0.3) is 0 Å². The fourth-order valence-electron chi connectivity index (χ4n) is 1.63. The van der Waals surface area contributed by atoms with Gasteiger partial charge < -0.3 is 9.47 Å². The maximum Gasteiger partial charge on any atom is 0.200 e. The maximum atomic E-state index is 12.0. The Labute approximate surface area is 127 Å². The molecule has 2 aromatic rings. The van der Waals surface area contributed by atoms with Crippen LogP contribution in [-0.2, 0) is 0 Å². The molecule has 3 nitrogen and oxygen atoms in total. The van der Waals surface area contributed by atoms with Gasteiger partial charge in [-0.25, -0.2) is 0 Å². The van der Waals surface area contributed by atoms with Gasteiger partial charge in [0.1, 0.15) is 11.5 Å². The van der Waals surface area contributed by atoms with E-state index in [0.29, 0.717) is 27.1 Å². The van der Waals surface area contributed by atoms with Gasteiger partial charge in [-0.3, -0.25) is 4.79 Å². The number of benzene rings is 2. The normalized spacial score (nSPS) is 10.2. The van der Waals surface area contributed by atoms with Crippen LogP contribution in [0.5, 0.6) is 11.5 Å². The van der Waals surface area contributed by atoms with Crippen molar-refractivity contribution in [3.05, 3.63) is 58.1 Å². The maximum absolute atomic E-state index is 12.0. The molecule has 0 aliphatic rings. The van der Waals surface area contributed by atoms with Crippen LogP contribution in [0.2, 0.25) is 10.0 Å². The summed E-state index contributed by atoms with van der Waals surface area (Å²) in [5.74, 6) is 0.812. The summed E-state index contributed by atoms with van der Waals surface area (Å²) in [4.78, 5) is 12.0. The van der Waals surface area contributed by atoms with Crippen molar-refractivity contribution in [1.29, 1.82) is 0 Å². The van der Waals surface area contributed by atoms with E-state index in [1.807, 2.05) is 0 Å². The predicted octanol–water partition coefficient (Wildman–Crippen LogP) is 4.26. The molecule has 20 heavy (non-hydrogen) atoms. The van der Waals surface area contributed by atoms with Crippen LogP contribution in [0.15, 0.2) is 42.5 Å². The fourth-order valence-corrected chi connectivity index (χ4v) is 2.08. The van der Waals surface area contributed by atoms with Crippen molar-refractivity contribution < 1.29 is 14.3 Å². The summed E-state index contributed by atoms with van der Waals surface area (Å²) in [5, 5.41) is 0.851. The van der Waals surface area contributed by atoms with Gasteiger partial charge in [0.2, 0.25) is 0 Å². The molecule has 0 fully saturated rings. The van der Waals surface area contributed by atoms with Gasteiger partial charge in [0.15, 0.2) is 12.4 Å². The van der Waals surface area contributed by atoms with E-state index < -0.39 is 0 Å². The molecule has 0 aromatic heterocycles. The first-order valence-electron chi connectivity index (χ1n) is 5.86. The summed E-state index contributed by atoms with van der Waals surface area (Å²) in [7, 11) is 1.52. The molecule has 0 atom stereocenters. The Kier molecular flexibility index (Phi) is 4.88. The van der Waals surface area contributed by atoms with Gasteiger partial charge in [-0.05, 0) is 30.3 Å². The number of Topliss-reactive ketones (excluding diaryl/α,β-unsaturated/α-hetero) is 1. The minimum absolute atomic E-state index is 0.105. The van der Waals surface area contributed by atoms with Gasteiger partial charge in [0.05, 0.1) is 17.2 Å². The van der Waals surface area contributed by atoms with Crippen LogP contribution in [-0.4, -0.2) is 19.5 Å². The van der Waals surface area contributed by atoms with Crippen molar-refractivity contribution in [2.45, 2.75) is 0 Å². The number of carbonyl (C=O) groups excluding carboxylic acids is 1. The van der Waals surface area contributed by atoms with Crippen LogP contribution >= 0.6 is 23.2 Å². The van der Waals surface area contributed by atoms with Gasteiger partial charge in [0, 0.05) is 5.56 Å². The number of carbonyl (C=O) groups is 1. The van der Waals surface area contributed by atoms with E-state index >= 15 is 0 Å². The zero-order chi connectivity index (χ0) is 14.5. The number of ether oxygens (including phenoxy) is 2. The van der Waals surface area contributed by atoms with Crippen LogP contribution in [0, 0.1) is 0 Å². The third-order valence-corrected chi connectivity index (χ3v) is 3.28. The molecule has 0 spiro atoms. The summed E-state index contributed by atoms with van der Waals surface area (Å²) in [6.45, 7) is -0.105. The van der Waals surface area contributed by atoms with Crippen molar-refractivity contribution >= 4 is 29.0 Å². The van der Waals surface area contributed by atoms with E-state index in [0.717, 1.165) is 0 Å². The number of rotatable bonds is 5. The van der Waals surface area contributed by atoms with Gasteiger partial charge in [0.25, 0.3) is 0 Å². The number of hydrogen-bond acceptors (Lipinski definition) is 3. The third kappa shape index (κ3) is 3.44. The van der Waals surface area contributed by atoms with Crippen molar-refractivity contribution in [2.75, 3.05) is 13.7 Å². The lowest BCUT2D eigenvalue weighted by Crippen LogP contribution is -2.11. The lowest BCUT2D eigenvalue weighted by molar-refractivity contribution is 0.0921. The number of halogens is 2. The molecule has 0 bridgehead atoms. The monoisotopic (exact) mass is 310 g/mol. The third-order valence-electron chi connectivity index (χ3n) is 2.67. The zero-order valence-electron chi connectivity index (χ0n) is 10.7. The molecular formula is C15H12Cl2O3. The highest BCUT2D eigenvalue weighted by Gasteiger charge is 2.11. The highest BCUT2D eigenvalue weighted by atomic mass is 35.5. The number of methoxy groups -OCH3 is 1. The fraction of sp³-hybridized carbons (Fsp3) is 0.133. The molecule has 0 saturated heterocycles. The van der Waals surface area contributed by atoms with E-state index in [4.69, 9.17) is 32.7 Å². The number of para-hydroxylation sites is 1. The number of hydrogen-bond donors (Lipinski definition) is 0. The van der Waals surface area contributed by atoms with E-state index in [2.05, 4.69) is 0 Å².